The van der Waals surface area contributed by atoms with Gasteiger partial charge in [-0.05, 0) is 61.6 Å². The number of sulfone groups is 1. The van der Waals surface area contributed by atoms with E-state index in [0.717, 1.165) is 31.2 Å². The molecule has 1 aromatic heterocycles. The minimum absolute atomic E-state index is 0.00471. The molecule has 8 nitrogen and oxygen atoms in total. The maximum atomic E-state index is 14.2. The van der Waals surface area contributed by atoms with Crippen molar-refractivity contribution in [3.8, 4) is 5.75 Å². The van der Waals surface area contributed by atoms with Gasteiger partial charge in [0.2, 0.25) is 0 Å². The van der Waals surface area contributed by atoms with E-state index in [1.165, 1.54) is 22.9 Å². The Kier molecular flexibility index (Phi) is 7.33. The van der Waals surface area contributed by atoms with Crippen molar-refractivity contribution in [1.82, 2.24) is 9.55 Å². The highest BCUT2D eigenvalue weighted by molar-refractivity contribution is 7.91. The van der Waals surface area contributed by atoms with Crippen LogP contribution in [0.1, 0.15) is 43.6 Å². The number of H-pyrrole nitrogens is 1. The topological polar surface area (TPSA) is 107 Å². The van der Waals surface area contributed by atoms with Gasteiger partial charge in [0.05, 0.1) is 18.1 Å². The lowest BCUT2D eigenvalue weighted by Gasteiger charge is -2.18. The van der Waals surface area contributed by atoms with Crippen molar-refractivity contribution in [3.05, 3.63) is 62.7 Å². The predicted octanol–water partition coefficient (Wildman–Crippen LogP) is 2.44. The van der Waals surface area contributed by atoms with Gasteiger partial charge in [0.25, 0.3) is 5.56 Å². The molecule has 2 aliphatic rings. The van der Waals surface area contributed by atoms with E-state index in [0.29, 0.717) is 12.5 Å². The Bertz CT molecular complexity index is 1180. The molecule has 2 saturated carbocycles. The first-order valence-corrected chi connectivity index (χ1v) is 13.1. The second-order valence-electron chi connectivity index (χ2n) is 8.97. The highest BCUT2D eigenvalue weighted by Crippen LogP contribution is 2.44. The third-order valence-corrected chi connectivity index (χ3v) is 7.83. The number of aromatic amines is 1. The fourth-order valence-electron chi connectivity index (χ4n) is 3.80. The number of halogens is 1. The Morgan fingerprint density at radius 1 is 1.15 bits per heavy atom. The molecule has 0 radical (unpaired) electrons. The standard InChI is InChI=1S/C23H29FN2O6S/c24-20-7-6-18(12-21(20)32-13-16-2-3-16)19(17-4-5-17)14-33(29,30)11-1-10-31-15-26-9-8-22(27)25-23(26)28/h6-9,12,16-17,19H,1-5,10-11,13-15H2,(H,25,27,28)/t19-/m1/s1. The number of hydrogen-bond acceptors (Lipinski definition) is 6. The van der Waals surface area contributed by atoms with Crippen molar-refractivity contribution in [2.45, 2.75) is 44.8 Å². The molecule has 33 heavy (non-hydrogen) atoms. The van der Waals surface area contributed by atoms with Gasteiger partial charge in [-0.1, -0.05) is 6.07 Å². The summed E-state index contributed by atoms with van der Waals surface area (Å²) in [6.07, 6.45) is 5.76. The maximum Gasteiger partial charge on any atom is 0.330 e. The van der Waals surface area contributed by atoms with Gasteiger partial charge in [0.1, 0.15) is 6.73 Å². The number of benzene rings is 1. The molecule has 1 atom stereocenters. The highest BCUT2D eigenvalue weighted by atomic mass is 32.2. The van der Waals surface area contributed by atoms with Crippen LogP contribution < -0.4 is 16.0 Å². The van der Waals surface area contributed by atoms with E-state index in [-0.39, 0.29) is 48.8 Å². The summed E-state index contributed by atoms with van der Waals surface area (Å²) in [4.78, 5) is 24.8. The Balaban J connectivity index is 1.30. The van der Waals surface area contributed by atoms with Gasteiger partial charge >= 0.3 is 5.69 Å². The molecule has 0 amide bonds. The van der Waals surface area contributed by atoms with Crippen LogP contribution in [0.15, 0.2) is 40.1 Å². The molecule has 10 heteroatoms. The zero-order valence-electron chi connectivity index (χ0n) is 18.4. The third-order valence-electron chi connectivity index (χ3n) is 6.05. The molecule has 0 unspecified atom stereocenters. The quantitative estimate of drug-likeness (QED) is 0.441. The summed E-state index contributed by atoms with van der Waals surface area (Å²) in [6.45, 7) is 0.589. The van der Waals surface area contributed by atoms with Gasteiger partial charge in [0.15, 0.2) is 21.4 Å². The highest BCUT2D eigenvalue weighted by Gasteiger charge is 2.35. The van der Waals surface area contributed by atoms with Crippen LogP contribution in [0.2, 0.25) is 0 Å². The summed E-state index contributed by atoms with van der Waals surface area (Å²) in [5, 5.41) is 0. The summed E-state index contributed by atoms with van der Waals surface area (Å²) in [6, 6.07) is 5.92. The summed E-state index contributed by atoms with van der Waals surface area (Å²) < 4.78 is 52.0. The van der Waals surface area contributed by atoms with Gasteiger partial charge in [-0.25, -0.2) is 17.6 Å². The summed E-state index contributed by atoms with van der Waals surface area (Å²) in [5.41, 5.74) is -0.264. The second kappa shape index (κ2) is 10.2. The molecule has 0 spiro atoms. The van der Waals surface area contributed by atoms with Crippen LogP contribution in [0.25, 0.3) is 0 Å². The Labute approximate surface area is 191 Å². The molecule has 2 aliphatic carbocycles. The molecular weight excluding hydrogens is 451 g/mol. The van der Waals surface area contributed by atoms with Crippen LogP contribution >= 0.6 is 0 Å². The van der Waals surface area contributed by atoms with E-state index in [1.807, 2.05) is 0 Å². The number of hydrogen-bond donors (Lipinski definition) is 1. The Morgan fingerprint density at radius 3 is 2.64 bits per heavy atom. The smallest absolute Gasteiger partial charge is 0.330 e. The molecule has 2 aromatic rings. The van der Waals surface area contributed by atoms with E-state index in [9.17, 15) is 22.4 Å². The average molecular weight is 481 g/mol. The second-order valence-corrected chi connectivity index (χ2v) is 11.2. The van der Waals surface area contributed by atoms with Crippen molar-refractivity contribution >= 4 is 9.84 Å². The number of nitrogens with one attached hydrogen (secondary N) is 1. The Hall–Kier alpha value is -2.46. The van der Waals surface area contributed by atoms with Crippen LogP contribution in [0, 0.1) is 17.7 Å². The van der Waals surface area contributed by atoms with E-state index < -0.39 is 26.9 Å². The molecule has 0 saturated heterocycles. The first-order chi connectivity index (χ1) is 15.8. The van der Waals surface area contributed by atoms with Gasteiger partial charge in [-0.3, -0.25) is 14.3 Å². The van der Waals surface area contributed by atoms with Crippen LogP contribution in [-0.4, -0.2) is 42.7 Å². The number of aromatic nitrogens is 2. The molecular formula is C23H29FN2O6S. The van der Waals surface area contributed by atoms with E-state index in [4.69, 9.17) is 9.47 Å². The van der Waals surface area contributed by atoms with Crippen LogP contribution in [0.5, 0.6) is 5.75 Å². The van der Waals surface area contributed by atoms with Gasteiger partial charge in [-0.2, -0.15) is 0 Å². The van der Waals surface area contributed by atoms with Crippen molar-refractivity contribution < 1.29 is 22.3 Å². The van der Waals surface area contributed by atoms with Crippen molar-refractivity contribution in [3.63, 3.8) is 0 Å². The number of ether oxygens (including phenoxy) is 2. The van der Waals surface area contributed by atoms with E-state index >= 15 is 0 Å². The predicted molar refractivity (Wildman–Crippen MR) is 121 cm³/mol. The monoisotopic (exact) mass is 480 g/mol. The van der Waals surface area contributed by atoms with Gasteiger partial charge in [0, 0.05) is 24.8 Å². The lowest BCUT2D eigenvalue weighted by Crippen LogP contribution is -2.29. The van der Waals surface area contributed by atoms with Crippen LogP contribution in [-0.2, 0) is 21.3 Å². The van der Waals surface area contributed by atoms with Gasteiger partial charge < -0.3 is 9.47 Å². The van der Waals surface area contributed by atoms with Crippen molar-refractivity contribution in [2.24, 2.45) is 11.8 Å². The lowest BCUT2D eigenvalue weighted by atomic mass is 9.96. The third kappa shape index (κ3) is 7.01. The van der Waals surface area contributed by atoms with Crippen molar-refractivity contribution in [2.75, 3.05) is 24.7 Å². The zero-order chi connectivity index (χ0) is 23.4. The first-order valence-electron chi connectivity index (χ1n) is 11.3. The molecule has 0 bridgehead atoms. The number of rotatable bonds is 13. The Morgan fingerprint density at radius 2 is 1.94 bits per heavy atom. The fraction of sp³-hybridized carbons (Fsp3) is 0.565. The summed E-state index contributed by atoms with van der Waals surface area (Å²) in [7, 11) is -3.36. The molecule has 4 rings (SSSR count). The molecule has 1 aromatic carbocycles. The van der Waals surface area contributed by atoms with Crippen molar-refractivity contribution in [1.29, 1.82) is 0 Å². The maximum absolute atomic E-state index is 14.2. The minimum atomic E-state index is -3.36. The zero-order valence-corrected chi connectivity index (χ0v) is 19.2. The lowest BCUT2D eigenvalue weighted by molar-refractivity contribution is 0.0745. The van der Waals surface area contributed by atoms with E-state index in [1.54, 1.807) is 12.1 Å². The molecule has 1 N–H and O–H groups in total. The summed E-state index contributed by atoms with van der Waals surface area (Å²) in [5.74, 6) is 0.347. The average Bonchev–Trinajstić information content (AvgIpc) is 3.67. The number of nitrogens with zero attached hydrogens (tertiary/aromatic N) is 1. The van der Waals surface area contributed by atoms with Gasteiger partial charge in [-0.15, -0.1) is 0 Å². The molecule has 1 heterocycles. The molecule has 0 aliphatic heterocycles. The molecule has 180 valence electrons. The summed E-state index contributed by atoms with van der Waals surface area (Å²) >= 11 is 0. The van der Waals surface area contributed by atoms with Crippen LogP contribution in [0.3, 0.4) is 0 Å². The van der Waals surface area contributed by atoms with E-state index in [2.05, 4.69) is 4.98 Å². The molecule has 2 fully saturated rings. The van der Waals surface area contributed by atoms with Crippen LogP contribution in [0.4, 0.5) is 4.39 Å². The fourth-order valence-corrected chi connectivity index (χ4v) is 5.54. The first kappa shape index (κ1) is 23.7. The minimum Gasteiger partial charge on any atom is -0.490 e. The normalized spacial score (nSPS) is 17.1. The largest absolute Gasteiger partial charge is 0.490 e. The SMILES string of the molecule is O=c1ccn(COCCCS(=O)(=O)C[C@@H](c2ccc(F)c(OCC3CC3)c2)C2CC2)c(=O)[nH]1.